The molecule has 336 valence electrons. The zero-order valence-corrected chi connectivity index (χ0v) is 36.4. The van der Waals surface area contributed by atoms with Crippen molar-refractivity contribution in [2.75, 3.05) is 79.2 Å². The van der Waals surface area contributed by atoms with Gasteiger partial charge in [0, 0.05) is 32.6 Å². The second kappa shape index (κ2) is 26.5. The SMILES string of the molecule is CC(C)CCOCC(O)COC1CC(OCC(O)COCCC(C)(N)OCC(C)(F)C(C)C)CC(OCC(O)COCCC(C)(CN)OCC(C)(F)C(C)C)C1. The molecule has 0 heterocycles. The van der Waals surface area contributed by atoms with Crippen LogP contribution >= 0.6 is 0 Å². The highest BCUT2D eigenvalue weighted by Crippen LogP contribution is 2.28. The normalized spacial score (nSPS) is 24.1. The summed E-state index contributed by atoms with van der Waals surface area (Å²) in [4.78, 5) is 0. The number of aliphatic hydroxyl groups excluding tert-OH is 3. The van der Waals surface area contributed by atoms with E-state index in [2.05, 4.69) is 13.8 Å². The van der Waals surface area contributed by atoms with Crippen LogP contribution in [0.25, 0.3) is 0 Å². The van der Waals surface area contributed by atoms with Gasteiger partial charge in [-0.2, -0.15) is 0 Å². The molecule has 1 aliphatic rings. The van der Waals surface area contributed by atoms with Crippen molar-refractivity contribution in [3.63, 3.8) is 0 Å². The molecule has 13 nitrogen and oxygen atoms in total. The lowest BCUT2D eigenvalue weighted by Gasteiger charge is -2.35. The lowest BCUT2D eigenvalue weighted by Crippen LogP contribution is -2.45. The molecule has 0 spiro atoms. The standard InChI is InChI=1S/C41H82F2N2O11/c1-29(2)11-14-49-20-32(46)23-52-35-17-36(53-24-33(47)21-50-15-12-38(7,26-44)55-27-39(8,42)30(3)4)19-37(18-35)54-25-34(48)22-51-16-13-41(10,45)56-28-40(9,43)31(5)6/h29-37,46-48H,11-28,44-45H2,1-10H3. The van der Waals surface area contributed by atoms with Crippen molar-refractivity contribution in [3.05, 3.63) is 0 Å². The summed E-state index contributed by atoms with van der Waals surface area (Å²) in [6.45, 7) is 19.2. The summed E-state index contributed by atoms with van der Waals surface area (Å²) in [5, 5.41) is 31.7. The van der Waals surface area contributed by atoms with E-state index in [0.29, 0.717) is 44.6 Å². The molecule has 0 aliphatic heterocycles. The minimum absolute atomic E-state index is 0.00531. The molecule has 1 rings (SSSR count). The third-order valence-electron chi connectivity index (χ3n) is 10.7. The van der Waals surface area contributed by atoms with Crippen molar-refractivity contribution in [1.82, 2.24) is 0 Å². The van der Waals surface area contributed by atoms with E-state index in [1.165, 1.54) is 13.8 Å². The summed E-state index contributed by atoms with van der Waals surface area (Å²) < 4.78 is 76.1. The average Bonchev–Trinajstić information content (AvgIpc) is 3.12. The molecule has 0 bridgehead atoms. The lowest BCUT2D eigenvalue weighted by molar-refractivity contribution is -0.138. The van der Waals surface area contributed by atoms with Crippen LogP contribution < -0.4 is 11.5 Å². The zero-order chi connectivity index (χ0) is 42.6. The number of ether oxygens (including phenoxy) is 8. The molecule has 56 heavy (non-hydrogen) atoms. The first-order valence-electron chi connectivity index (χ1n) is 20.8. The Morgan fingerprint density at radius 2 is 0.964 bits per heavy atom. The van der Waals surface area contributed by atoms with Gasteiger partial charge in [0.25, 0.3) is 0 Å². The Morgan fingerprint density at radius 3 is 1.34 bits per heavy atom. The van der Waals surface area contributed by atoms with Crippen molar-refractivity contribution in [3.8, 4) is 0 Å². The molecule has 15 heteroatoms. The van der Waals surface area contributed by atoms with Gasteiger partial charge >= 0.3 is 0 Å². The van der Waals surface area contributed by atoms with Crippen LogP contribution in [0, 0.1) is 17.8 Å². The van der Waals surface area contributed by atoms with E-state index >= 15 is 0 Å². The summed E-state index contributed by atoms with van der Waals surface area (Å²) in [6.07, 6.45) is -0.373. The van der Waals surface area contributed by atoms with Crippen LogP contribution in [0.1, 0.15) is 108 Å². The lowest BCUT2D eigenvalue weighted by atomic mass is 9.92. The Bertz CT molecular complexity index is 1010. The molecule has 1 fully saturated rings. The first-order valence-corrected chi connectivity index (χ1v) is 20.8. The minimum atomic E-state index is -1.50. The summed E-state index contributed by atoms with van der Waals surface area (Å²) in [6, 6.07) is 0. The number of hydrogen-bond donors (Lipinski definition) is 5. The largest absolute Gasteiger partial charge is 0.388 e. The van der Waals surface area contributed by atoms with Crippen LogP contribution in [0.2, 0.25) is 0 Å². The van der Waals surface area contributed by atoms with Crippen molar-refractivity contribution in [2.24, 2.45) is 29.2 Å². The van der Waals surface area contributed by atoms with Gasteiger partial charge in [-0.05, 0) is 71.1 Å². The molecule has 7 N–H and O–H groups in total. The fourth-order valence-corrected chi connectivity index (χ4v) is 5.26. The highest BCUT2D eigenvalue weighted by Gasteiger charge is 2.35. The van der Waals surface area contributed by atoms with Gasteiger partial charge < -0.3 is 64.7 Å². The molecule has 0 aromatic heterocycles. The molecular weight excluding hydrogens is 734 g/mol. The maximum absolute atomic E-state index is 14.7. The fourth-order valence-electron chi connectivity index (χ4n) is 5.26. The van der Waals surface area contributed by atoms with Gasteiger partial charge in [-0.25, -0.2) is 8.78 Å². The summed E-state index contributed by atoms with van der Waals surface area (Å²) >= 11 is 0. The van der Waals surface area contributed by atoms with Gasteiger partial charge in [-0.1, -0.05) is 41.5 Å². The van der Waals surface area contributed by atoms with E-state index in [4.69, 9.17) is 49.4 Å². The molecule has 10 atom stereocenters. The van der Waals surface area contributed by atoms with Crippen LogP contribution in [0.15, 0.2) is 0 Å². The van der Waals surface area contributed by atoms with Crippen LogP contribution in [-0.2, 0) is 37.9 Å². The predicted octanol–water partition coefficient (Wildman–Crippen LogP) is 4.48. The smallest absolute Gasteiger partial charge is 0.133 e. The number of hydrogen-bond acceptors (Lipinski definition) is 13. The number of aliphatic hydroxyl groups is 3. The summed E-state index contributed by atoms with van der Waals surface area (Å²) in [7, 11) is 0. The predicted molar refractivity (Wildman–Crippen MR) is 213 cm³/mol. The number of alkyl halides is 2. The van der Waals surface area contributed by atoms with Crippen molar-refractivity contribution in [2.45, 2.75) is 167 Å². The molecule has 0 amide bonds. The van der Waals surface area contributed by atoms with Crippen molar-refractivity contribution < 1.29 is 62.0 Å². The van der Waals surface area contributed by atoms with Gasteiger partial charge in [-0.3, -0.25) is 0 Å². The average molecular weight is 817 g/mol. The second-order valence-electron chi connectivity index (χ2n) is 17.9. The highest BCUT2D eigenvalue weighted by molar-refractivity contribution is 4.84. The van der Waals surface area contributed by atoms with E-state index < -0.39 is 41.0 Å². The first-order chi connectivity index (χ1) is 26.0. The van der Waals surface area contributed by atoms with E-state index in [-0.39, 0.29) is 103 Å². The van der Waals surface area contributed by atoms with Crippen LogP contribution in [0.4, 0.5) is 8.78 Å². The van der Waals surface area contributed by atoms with Crippen LogP contribution in [-0.4, -0.2) is 154 Å². The Morgan fingerprint density at radius 1 is 0.589 bits per heavy atom. The zero-order valence-electron chi connectivity index (χ0n) is 36.4. The van der Waals surface area contributed by atoms with Crippen molar-refractivity contribution >= 4 is 0 Å². The van der Waals surface area contributed by atoms with Gasteiger partial charge in [0.2, 0.25) is 0 Å². The van der Waals surface area contributed by atoms with Gasteiger partial charge in [-0.15, -0.1) is 0 Å². The Kier molecular flexibility index (Phi) is 25.3. The van der Waals surface area contributed by atoms with E-state index in [9.17, 15) is 24.1 Å². The Hall–Kier alpha value is -0.660. The van der Waals surface area contributed by atoms with E-state index in [1.807, 2.05) is 6.92 Å². The maximum atomic E-state index is 14.7. The maximum Gasteiger partial charge on any atom is 0.133 e. The second-order valence-corrected chi connectivity index (χ2v) is 17.9. The third kappa shape index (κ3) is 23.8. The highest BCUT2D eigenvalue weighted by atomic mass is 19.1. The Labute approximate surface area is 337 Å². The molecule has 1 saturated carbocycles. The molecule has 10 unspecified atom stereocenters. The number of nitrogens with two attached hydrogens (primary N) is 2. The molecule has 0 aromatic carbocycles. The molecule has 0 saturated heterocycles. The van der Waals surface area contributed by atoms with Crippen LogP contribution in [0.3, 0.4) is 0 Å². The third-order valence-corrected chi connectivity index (χ3v) is 10.7. The van der Waals surface area contributed by atoms with Crippen LogP contribution in [0.5, 0.6) is 0 Å². The molecule has 0 aromatic rings. The first kappa shape index (κ1) is 53.4. The van der Waals surface area contributed by atoms with Crippen molar-refractivity contribution in [1.29, 1.82) is 0 Å². The molecule has 0 radical (unpaired) electrons. The van der Waals surface area contributed by atoms with Gasteiger partial charge in [0.15, 0.2) is 0 Å². The Balaban J connectivity index is 2.63. The topological polar surface area (TPSA) is 187 Å². The molecular formula is C41H82F2N2O11. The van der Waals surface area contributed by atoms with E-state index in [1.54, 1.807) is 34.6 Å². The fraction of sp³-hybridized carbons (Fsp3) is 1.00. The minimum Gasteiger partial charge on any atom is -0.388 e. The molecule has 1 aliphatic carbocycles. The summed E-state index contributed by atoms with van der Waals surface area (Å²) in [5.74, 6) is 0.0837. The number of halogens is 2. The van der Waals surface area contributed by atoms with Gasteiger partial charge in [0.1, 0.15) is 35.4 Å². The van der Waals surface area contributed by atoms with Gasteiger partial charge in [0.05, 0.1) is 83.4 Å². The summed E-state index contributed by atoms with van der Waals surface area (Å²) in [5.41, 5.74) is 7.29. The number of rotatable bonds is 33. The monoisotopic (exact) mass is 817 g/mol. The quantitative estimate of drug-likeness (QED) is 0.0462. The van der Waals surface area contributed by atoms with E-state index in [0.717, 1.165) is 6.42 Å².